The Morgan fingerprint density at radius 3 is 1.50 bits per heavy atom. The van der Waals surface area contributed by atoms with E-state index in [0.717, 1.165) is 83.5 Å². The summed E-state index contributed by atoms with van der Waals surface area (Å²) in [5.41, 5.74) is -0.603. The minimum absolute atomic E-state index is 0.278. The summed E-state index contributed by atoms with van der Waals surface area (Å²) in [6.07, 6.45) is 19.4. The molecule has 0 aliphatic heterocycles. The smallest absolute Gasteiger partial charge is 0.309 e. The molecule has 0 aromatic heterocycles. The Bertz CT molecular complexity index is 538. The van der Waals surface area contributed by atoms with Crippen molar-refractivity contribution in [3.63, 3.8) is 0 Å². The SMILES string of the molecule is CCCCC(CC)CC(CC(CC)CCCC)(CC(CCCCCCCCC(=O)O)C(C)C)C(=O)O. The fourth-order valence-corrected chi connectivity index (χ4v) is 6.07. The number of unbranched alkanes of at least 4 members (excludes halogenated alkanes) is 7. The summed E-state index contributed by atoms with van der Waals surface area (Å²) < 4.78 is 0. The second kappa shape index (κ2) is 20.9. The first kappa shape index (κ1) is 34.9. The molecule has 0 rings (SSSR count). The maximum absolute atomic E-state index is 13.1. The van der Waals surface area contributed by atoms with E-state index in [1.165, 1.54) is 32.1 Å². The van der Waals surface area contributed by atoms with Crippen molar-refractivity contribution < 1.29 is 19.8 Å². The first-order valence-corrected chi connectivity index (χ1v) is 15.6. The van der Waals surface area contributed by atoms with Crippen LogP contribution in [0.5, 0.6) is 0 Å². The third-order valence-corrected chi connectivity index (χ3v) is 8.71. The van der Waals surface area contributed by atoms with Crippen molar-refractivity contribution >= 4 is 11.9 Å². The van der Waals surface area contributed by atoms with Gasteiger partial charge < -0.3 is 10.2 Å². The lowest BCUT2D eigenvalue weighted by atomic mass is 9.64. The van der Waals surface area contributed by atoms with E-state index < -0.39 is 17.4 Å². The van der Waals surface area contributed by atoms with Crippen LogP contribution in [-0.4, -0.2) is 22.2 Å². The van der Waals surface area contributed by atoms with E-state index in [2.05, 4.69) is 41.5 Å². The van der Waals surface area contributed by atoms with Crippen molar-refractivity contribution in [2.24, 2.45) is 29.1 Å². The molecule has 0 spiro atoms. The number of rotatable bonds is 25. The maximum atomic E-state index is 13.1. The first-order chi connectivity index (χ1) is 17.1. The van der Waals surface area contributed by atoms with Crippen LogP contribution in [0.4, 0.5) is 0 Å². The van der Waals surface area contributed by atoms with Crippen LogP contribution in [-0.2, 0) is 9.59 Å². The van der Waals surface area contributed by atoms with Gasteiger partial charge in [0.15, 0.2) is 0 Å². The van der Waals surface area contributed by atoms with Crippen LogP contribution in [0.25, 0.3) is 0 Å². The zero-order valence-electron chi connectivity index (χ0n) is 25.0. The van der Waals surface area contributed by atoms with Gasteiger partial charge >= 0.3 is 11.9 Å². The highest BCUT2D eigenvalue weighted by Crippen LogP contribution is 2.46. The molecule has 0 aliphatic carbocycles. The van der Waals surface area contributed by atoms with Crippen molar-refractivity contribution in [1.82, 2.24) is 0 Å². The molecule has 0 amide bonds. The summed E-state index contributed by atoms with van der Waals surface area (Å²) >= 11 is 0. The highest BCUT2D eigenvalue weighted by molar-refractivity contribution is 5.74. The van der Waals surface area contributed by atoms with Gasteiger partial charge in [0, 0.05) is 6.42 Å². The largest absolute Gasteiger partial charge is 0.481 e. The van der Waals surface area contributed by atoms with Gasteiger partial charge in [-0.05, 0) is 49.4 Å². The molecule has 2 N–H and O–H groups in total. The van der Waals surface area contributed by atoms with Crippen molar-refractivity contribution in [1.29, 1.82) is 0 Å². The predicted octanol–water partition coefficient (Wildman–Crippen LogP) is 10.1. The lowest BCUT2D eigenvalue weighted by molar-refractivity contribution is -0.153. The molecule has 0 heterocycles. The molecule has 0 saturated heterocycles. The zero-order chi connectivity index (χ0) is 27.4. The maximum Gasteiger partial charge on any atom is 0.309 e. The molecule has 0 radical (unpaired) electrons. The molecule has 4 heteroatoms. The van der Waals surface area contributed by atoms with Crippen LogP contribution in [0.2, 0.25) is 0 Å². The van der Waals surface area contributed by atoms with E-state index >= 15 is 0 Å². The number of carboxylic acids is 2. The Morgan fingerprint density at radius 2 is 1.11 bits per heavy atom. The number of aliphatic carboxylic acids is 2. The summed E-state index contributed by atoms with van der Waals surface area (Å²) in [7, 11) is 0. The summed E-state index contributed by atoms with van der Waals surface area (Å²) in [4.78, 5) is 23.8. The molecule has 0 saturated carbocycles. The molecule has 0 bridgehead atoms. The monoisotopic (exact) mass is 510 g/mol. The number of carboxylic acid groups (broad SMARTS) is 2. The Kier molecular flexibility index (Phi) is 20.3. The lowest BCUT2D eigenvalue weighted by Gasteiger charge is -2.39. The highest BCUT2D eigenvalue weighted by atomic mass is 16.4. The van der Waals surface area contributed by atoms with Crippen LogP contribution >= 0.6 is 0 Å². The summed E-state index contributed by atoms with van der Waals surface area (Å²) in [6, 6.07) is 0. The van der Waals surface area contributed by atoms with Gasteiger partial charge in [-0.15, -0.1) is 0 Å². The molecule has 36 heavy (non-hydrogen) atoms. The zero-order valence-corrected chi connectivity index (χ0v) is 25.0. The highest BCUT2D eigenvalue weighted by Gasteiger charge is 2.43. The Hall–Kier alpha value is -1.06. The minimum Gasteiger partial charge on any atom is -0.481 e. The van der Waals surface area contributed by atoms with E-state index in [0.29, 0.717) is 23.7 Å². The second-order valence-electron chi connectivity index (χ2n) is 12.1. The lowest BCUT2D eigenvalue weighted by Crippen LogP contribution is -2.38. The predicted molar refractivity (Wildman–Crippen MR) is 153 cm³/mol. The van der Waals surface area contributed by atoms with Crippen LogP contribution in [0.15, 0.2) is 0 Å². The first-order valence-electron chi connectivity index (χ1n) is 15.6. The summed E-state index contributed by atoms with van der Waals surface area (Å²) in [6.45, 7) is 13.5. The second-order valence-corrected chi connectivity index (χ2v) is 12.1. The Balaban J connectivity index is 5.41. The topological polar surface area (TPSA) is 74.6 Å². The molecule has 0 aromatic carbocycles. The van der Waals surface area contributed by atoms with E-state index in [9.17, 15) is 14.7 Å². The quantitative estimate of drug-likeness (QED) is 0.120. The van der Waals surface area contributed by atoms with Gasteiger partial charge in [0.25, 0.3) is 0 Å². The van der Waals surface area contributed by atoms with Crippen molar-refractivity contribution in [3.05, 3.63) is 0 Å². The molecule has 3 atom stereocenters. The summed E-state index contributed by atoms with van der Waals surface area (Å²) in [5, 5.41) is 19.6. The Labute approximate surface area is 224 Å². The van der Waals surface area contributed by atoms with Crippen molar-refractivity contribution in [2.75, 3.05) is 0 Å². The fraction of sp³-hybridized carbons (Fsp3) is 0.938. The minimum atomic E-state index is -0.697. The molecule has 214 valence electrons. The average molecular weight is 511 g/mol. The normalized spacial score (nSPS) is 16.0. The molecule has 4 nitrogen and oxygen atoms in total. The van der Waals surface area contributed by atoms with Gasteiger partial charge in [0.05, 0.1) is 5.41 Å². The van der Waals surface area contributed by atoms with Gasteiger partial charge in [-0.25, -0.2) is 0 Å². The molecule has 0 aromatic rings. The van der Waals surface area contributed by atoms with E-state index in [1.54, 1.807) is 0 Å². The third-order valence-electron chi connectivity index (χ3n) is 8.71. The van der Waals surface area contributed by atoms with Gasteiger partial charge in [0.1, 0.15) is 0 Å². The number of hydrogen-bond donors (Lipinski definition) is 2. The average Bonchev–Trinajstić information content (AvgIpc) is 2.84. The third kappa shape index (κ3) is 15.3. The standard InChI is InChI=1S/C32H62O4/c1-7-11-19-27(9-3)23-32(31(35)36,24-28(10-4)20-12-8-2)25-29(26(5)6)21-17-15-13-14-16-18-22-30(33)34/h26-29H,7-25H2,1-6H3,(H,33,34)(H,35,36). The van der Waals surface area contributed by atoms with Gasteiger partial charge in [-0.1, -0.05) is 131 Å². The van der Waals surface area contributed by atoms with E-state index in [1.807, 2.05) is 0 Å². The van der Waals surface area contributed by atoms with Gasteiger partial charge in [-0.3, -0.25) is 9.59 Å². The summed E-state index contributed by atoms with van der Waals surface area (Å²) in [5.74, 6) is 0.700. The molecule has 3 unspecified atom stereocenters. The van der Waals surface area contributed by atoms with Crippen LogP contribution in [0.1, 0.15) is 164 Å². The molecular formula is C32H62O4. The van der Waals surface area contributed by atoms with Crippen LogP contribution < -0.4 is 0 Å². The van der Waals surface area contributed by atoms with Gasteiger partial charge in [0.2, 0.25) is 0 Å². The van der Waals surface area contributed by atoms with Crippen LogP contribution in [0.3, 0.4) is 0 Å². The van der Waals surface area contributed by atoms with E-state index in [4.69, 9.17) is 5.11 Å². The fourth-order valence-electron chi connectivity index (χ4n) is 6.07. The molecule has 0 fully saturated rings. The van der Waals surface area contributed by atoms with Gasteiger partial charge in [-0.2, -0.15) is 0 Å². The van der Waals surface area contributed by atoms with Crippen molar-refractivity contribution in [2.45, 2.75) is 164 Å². The molecular weight excluding hydrogens is 448 g/mol. The molecule has 0 aliphatic rings. The van der Waals surface area contributed by atoms with Crippen molar-refractivity contribution in [3.8, 4) is 0 Å². The van der Waals surface area contributed by atoms with Crippen LogP contribution in [0, 0.1) is 29.1 Å². The number of hydrogen-bond acceptors (Lipinski definition) is 2. The number of carbonyl (C=O) groups is 2. The van der Waals surface area contributed by atoms with E-state index in [-0.39, 0.29) is 6.42 Å². The Morgan fingerprint density at radius 1 is 0.639 bits per heavy atom.